The van der Waals surface area contributed by atoms with Crippen LogP contribution in [0.4, 0.5) is 5.69 Å². The molecular weight excluding hydrogens is 410 g/mol. The molecule has 3 fully saturated rings. The zero-order chi connectivity index (χ0) is 21.8. The Labute approximate surface area is 191 Å². The minimum Gasteiger partial charge on any atom is -0.335 e. The molecule has 1 aromatic rings. The fraction of sp³-hybridized carbons (Fsp3) is 0.680. The second kappa shape index (κ2) is 10.4. The summed E-state index contributed by atoms with van der Waals surface area (Å²) in [7, 11) is 0. The number of halogens is 1. The van der Waals surface area contributed by atoms with E-state index < -0.39 is 0 Å². The Morgan fingerprint density at radius 3 is 2.26 bits per heavy atom. The zero-order valence-electron chi connectivity index (χ0n) is 18.5. The molecule has 31 heavy (non-hydrogen) atoms. The topological polar surface area (TPSA) is 75.4 Å². The van der Waals surface area contributed by atoms with Crippen molar-refractivity contribution >= 4 is 29.1 Å². The number of nitrogens with two attached hydrogens (primary N) is 1. The van der Waals surface area contributed by atoms with Crippen LogP contribution in [0.2, 0.25) is 5.02 Å². The van der Waals surface area contributed by atoms with Crippen LogP contribution in [0.1, 0.15) is 82.6 Å². The Hall–Kier alpha value is -1.59. The molecule has 0 unspecified atom stereocenters. The highest BCUT2D eigenvalue weighted by molar-refractivity contribution is 6.31. The van der Waals surface area contributed by atoms with Crippen molar-refractivity contribution in [3.8, 4) is 0 Å². The third-order valence-corrected chi connectivity index (χ3v) is 7.92. The normalized spacial score (nSPS) is 25.0. The molecule has 0 saturated heterocycles. The van der Waals surface area contributed by atoms with E-state index in [0.29, 0.717) is 11.6 Å². The van der Waals surface area contributed by atoms with Crippen LogP contribution in [0.15, 0.2) is 18.2 Å². The summed E-state index contributed by atoms with van der Waals surface area (Å²) in [5.74, 6) is 0.635. The van der Waals surface area contributed by atoms with Crippen molar-refractivity contribution in [2.24, 2.45) is 17.6 Å². The molecule has 0 heterocycles. The molecule has 6 heteroatoms. The Kier molecular flexibility index (Phi) is 7.55. The van der Waals surface area contributed by atoms with Crippen LogP contribution in [-0.2, 0) is 16.1 Å². The summed E-state index contributed by atoms with van der Waals surface area (Å²) in [4.78, 5) is 28.0. The lowest BCUT2D eigenvalue weighted by Gasteiger charge is -2.39. The summed E-state index contributed by atoms with van der Waals surface area (Å²) < 4.78 is 0. The monoisotopic (exact) mass is 445 g/mol. The number of carbonyl (C=O) groups is 2. The van der Waals surface area contributed by atoms with Crippen LogP contribution in [0, 0.1) is 11.8 Å². The van der Waals surface area contributed by atoms with Gasteiger partial charge in [-0.05, 0) is 75.1 Å². The highest BCUT2D eigenvalue weighted by Gasteiger charge is 2.33. The quantitative estimate of drug-likeness (QED) is 0.627. The molecule has 3 aliphatic carbocycles. The number of amides is 2. The van der Waals surface area contributed by atoms with Gasteiger partial charge in [-0.25, -0.2) is 0 Å². The van der Waals surface area contributed by atoms with E-state index in [0.717, 1.165) is 81.9 Å². The van der Waals surface area contributed by atoms with Gasteiger partial charge in [0.2, 0.25) is 11.8 Å². The fourth-order valence-electron chi connectivity index (χ4n) is 5.26. The summed E-state index contributed by atoms with van der Waals surface area (Å²) in [6.07, 6.45) is 12.4. The molecular formula is C25H36ClN3O2. The molecule has 2 amide bonds. The van der Waals surface area contributed by atoms with E-state index >= 15 is 0 Å². The van der Waals surface area contributed by atoms with Crippen molar-refractivity contribution < 1.29 is 9.59 Å². The first-order valence-electron chi connectivity index (χ1n) is 12.2. The smallest absolute Gasteiger partial charge is 0.227 e. The number of anilines is 1. The average Bonchev–Trinajstić information content (AvgIpc) is 2.74. The Morgan fingerprint density at radius 2 is 1.61 bits per heavy atom. The van der Waals surface area contributed by atoms with Crippen LogP contribution in [-0.4, -0.2) is 28.8 Å². The minimum atomic E-state index is 0.0935. The zero-order valence-corrected chi connectivity index (χ0v) is 19.2. The Bertz CT molecular complexity index is 781. The summed E-state index contributed by atoms with van der Waals surface area (Å²) in [6, 6.07) is 6.12. The SMILES string of the molecule is NC1CCC(N(Cc2cc(NC(=O)C3CCC3)ccc2Cl)C(=O)C2CCCCC2)CC1. The molecule has 0 aliphatic heterocycles. The third-order valence-electron chi connectivity index (χ3n) is 7.55. The van der Waals surface area contributed by atoms with Gasteiger partial charge in [0.1, 0.15) is 0 Å². The van der Waals surface area contributed by atoms with Gasteiger partial charge in [0.05, 0.1) is 0 Å². The first-order chi connectivity index (χ1) is 15.0. The highest BCUT2D eigenvalue weighted by atomic mass is 35.5. The maximum absolute atomic E-state index is 13.6. The van der Waals surface area contributed by atoms with Gasteiger partial charge in [0.25, 0.3) is 0 Å². The van der Waals surface area contributed by atoms with Crippen LogP contribution >= 0.6 is 11.6 Å². The number of hydrogen-bond donors (Lipinski definition) is 2. The van der Waals surface area contributed by atoms with Crippen molar-refractivity contribution in [1.82, 2.24) is 4.90 Å². The van der Waals surface area contributed by atoms with E-state index in [2.05, 4.69) is 10.2 Å². The number of rotatable bonds is 6. The molecule has 0 radical (unpaired) electrons. The van der Waals surface area contributed by atoms with Gasteiger partial charge < -0.3 is 16.0 Å². The summed E-state index contributed by atoms with van der Waals surface area (Å²) in [5, 5.41) is 3.69. The largest absolute Gasteiger partial charge is 0.335 e. The molecule has 3 N–H and O–H groups in total. The van der Waals surface area contributed by atoms with E-state index in [-0.39, 0.29) is 35.7 Å². The Balaban J connectivity index is 1.51. The van der Waals surface area contributed by atoms with Crippen molar-refractivity contribution in [2.45, 2.75) is 95.7 Å². The molecule has 1 aromatic carbocycles. The van der Waals surface area contributed by atoms with E-state index in [1.807, 2.05) is 18.2 Å². The van der Waals surface area contributed by atoms with E-state index in [9.17, 15) is 9.59 Å². The molecule has 5 nitrogen and oxygen atoms in total. The minimum absolute atomic E-state index is 0.0935. The lowest BCUT2D eigenvalue weighted by Crippen LogP contribution is -2.46. The van der Waals surface area contributed by atoms with E-state index in [1.54, 1.807) is 0 Å². The summed E-state index contributed by atoms with van der Waals surface area (Å²) >= 11 is 6.56. The number of benzene rings is 1. The maximum atomic E-state index is 13.6. The summed E-state index contributed by atoms with van der Waals surface area (Å²) in [5.41, 5.74) is 7.81. The molecule has 0 spiro atoms. The number of nitrogens with one attached hydrogen (secondary N) is 1. The fourth-order valence-corrected chi connectivity index (χ4v) is 5.43. The first-order valence-corrected chi connectivity index (χ1v) is 12.5. The molecule has 170 valence electrons. The Morgan fingerprint density at radius 1 is 0.935 bits per heavy atom. The van der Waals surface area contributed by atoms with Crippen LogP contribution in [0.5, 0.6) is 0 Å². The molecule has 3 saturated carbocycles. The number of hydrogen-bond acceptors (Lipinski definition) is 3. The average molecular weight is 446 g/mol. The van der Waals surface area contributed by atoms with Crippen molar-refractivity contribution in [3.05, 3.63) is 28.8 Å². The predicted molar refractivity (Wildman–Crippen MR) is 125 cm³/mol. The lowest BCUT2D eigenvalue weighted by atomic mass is 9.85. The van der Waals surface area contributed by atoms with Crippen molar-refractivity contribution in [2.75, 3.05) is 5.32 Å². The lowest BCUT2D eigenvalue weighted by molar-refractivity contribution is -0.140. The predicted octanol–water partition coefficient (Wildman–Crippen LogP) is 5.26. The number of nitrogens with zero attached hydrogens (tertiary/aromatic N) is 1. The maximum Gasteiger partial charge on any atom is 0.227 e. The van der Waals surface area contributed by atoms with E-state index in [1.165, 1.54) is 6.42 Å². The van der Waals surface area contributed by atoms with Gasteiger partial charge in [-0.1, -0.05) is 37.3 Å². The molecule has 0 bridgehead atoms. The highest BCUT2D eigenvalue weighted by Crippen LogP contribution is 2.33. The number of carbonyl (C=O) groups excluding carboxylic acids is 2. The van der Waals surface area contributed by atoms with Crippen LogP contribution in [0.25, 0.3) is 0 Å². The molecule has 3 aliphatic rings. The van der Waals surface area contributed by atoms with Crippen molar-refractivity contribution in [1.29, 1.82) is 0 Å². The first kappa shape index (κ1) is 22.6. The van der Waals surface area contributed by atoms with Gasteiger partial charge in [-0.15, -0.1) is 0 Å². The van der Waals surface area contributed by atoms with Gasteiger partial charge in [-0.2, -0.15) is 0 Å². The van der Waals surface area contributed by atoms with Crippen LogP contribution in [0.3, 0.4) is 0 Å². The summed E-state index contributed by atoms with van der Waals surface area (Å²) in [6.45, 7) is 0.501. The standard InChI is InChI=1S/C25H36ClN3O2/c26-23-14-11-21(28-24(30)17-7-4-8-17)15-19(23)16-29(22-12-9-20(27)10-13-22)25(31)18-5-2-1-3-6-18/h11,14-15,17-18,20,22H,1-10,12-13,16,27H2,(H,28,30). The van der Waals surface area contributed by atoms with Crippen molar-refractivity contribution in [3.63, 3.8) is 0 Å². The van der Waals surface area contributed by atoms with Gasteiger partial charge in [0, 0.05) is 41.2 Å². The van der Waals surface area contributed by atoms with Gasteiger partial charge >= 0.3 is 0 Å². The molecule has 0 atom stereocenters. The molecule has 0 aromatic heterocycles. The second-order valence-corrected chi connectivity index (χ2v) is 10.2. The second-order valence-electron chi connectivity index (χ2n) is 9.79. The van der Waals surface area contributed by atoms with Gasteiger partial charge in [0.15, 0.2) is 0 Å². The third kappa shape index (κ3) is 5.61. The molecule has 4 rings (SSSR count). The van der Waals surface area contributed by atoms with Crippen LogP contribution < -0.4 is 11.1 Å². The van der Waals surface area contributed by atoms with E-state index in [4.69, 9.17) is 17.3 Å². The van der Waals surface area contributed by atoms with Gasteiger partial charge in [-0.3, -0.25) is 9.59 Å².